The molecule has 2 rings (SSSR count). The van der Waals surface area contributed by atoms with E-state index in [0.717, 1.165) is 18.8 Å². The lowest BCUT2D eigenvalue weighted by Gasteiger charge is -2.34. The second kappa shape index (κ2) is 7.34. The molecule has 2 N–H and O–H groups in total. The Hall–Kier alpha value is -1.71. The lowest BCUT2D eigenvalue weighted by atomic mass is 9.95. The van der Waals surface area contributed by atoms with Crippen molar-refractivity contribution in [1.82, 2.24) is 9.88 Å². The molecule has 3 heteroatoms. The average Bonchev–Trinajstić information content (AvgIpc) is 2.49. The number of nitrogens with two attached hydrogens (primary N) is 1. The van der Waals surface area contributed by atoms with E-state index in [9.17, 15) is 0 Å². The first-order valence-corrected chi connectivity index (χ1v) is 7.58. The molecule has 0 amide bonds. The summed E-state index contributed by atoms with van der Waals surface area (Å²) in [6.45, 7) is 8.17. The molecule has 0 bridgehead atoms. The fraction of sp³-hybridized carbons (Fsp3) is 0.389. The Morgan fingerprint density at radius 3 is 2.43 bits per heavy atom. The van der Waals surface area contributed by atoms with Crippen molar-refractivity contribution in [1.29, 1.82) is 0 Å². The number of nitrogens with zero attached hydrogens (tertiary/aromatic N) is 2. The predicted octanol–water partition coefficient (Wildman–Crippen LogP) is 3.30. The number of likely N-dealkylation sites (N-methyl/N-ethyl adjacent to an activating group) is 1. The van der Waals surface area contributed by atoms with Gasteiger partial charge in [0.25, 0.3) is 0 Å². The van der Waals surface area contributed by atoms with E-state index in [4.69, 9.17) is 5.73 Å². The molecule has 0 aliphatic rings. The van der Waals surface area contributed by atoms with Crippen LogP contribution in [-0.4, -0.2) is 22.5 Å². The fourth-order valence-corrected chi connectivity index (χ4v) is 2.84. The molecule has 2 aromatic rings. The molecular weight excluding hydrogens is 258 g/mol. The van der Waals surface area contributed by atoms with Gasteiger partial charge < -0.3 is 5.73 Å². The van der Waals surface area contributed by atoms with E-state index in [1.165, 1.54) is 11.1 Å². The molecule has 1 heterocycles. The summed E-state index contributed by atoms with van der Waals surface area (Å²) < 4.78 is 0. The first-order valence-electron chi connectivity index (χ1n) is 7.58. The fourth-order valence-electron chi connectivity index (χ4n) is 2.84. The monoisotopic (exact) mass is 283 g/mol. The van der Waals surface area contributed by atoms with Crippen LogP contribution in [0.25, 0.3) is 0 Å². The zero-order chi connectivity index (χ0) is 15.2. The van der Waals surface area contributed by atoms with Gasteiger partial charge in [-0.2, -0.15) is 0 Å². The summed E-state index contributed by atoms with van der Waals surface area (Å²) in [7, 11) is 0. The van der Waals surface area contributed by atoms with Gasteiger partial charge in [0.2, 0.25) is 0 Å². The van der Waals surface area contributed by atoms with Crippen molar-refractivity contribution in [3.8, 4) is 0 Å². The zero-order valence-electron chi connectivity index (χ0n) is 13.2. The summed E-state index contributed by atoms with van der Waals surface area (Å²) in [6.07, 6.45) is 1.85. The maximum atomic E-state index is 6.31. The van der Waals surface area contributed by atoms with Crippen LogP contribution in [0.2, 0.25) is 0 Å². The number of aryl methyl sites for hydroxylation is 1. The van der Waals surface area contributed by atoms with Crippen LogP contribution >= 0.6 is 0 Å². The van der Waals surface area contributed by atoms with Crippen molar-refractivity contribution in [3.63, 3.8) is 0 Å². The highest BCUT2D eigenvalue weighted by Crippen LogP contribution is 2.27. The van der Waals surface area contributed by atoms with Crippen LogP contribution in [0.3, 0.4) is 0 Å². The smallest absolute Gasteiger partial charge is 0.0544 e. The Balaban J connectivity index is 2.29. The van der Waals surface area contributed by atoms with Crippen LogP contribution in [0.4, 0.5) is 0 Å². The Bertz CT molecular complexity index is 551. The van der Waals surface area contributed by atoms with Crippen molar-refractivity contribution in [2.75, 3.05) is 6.54 Å². The molecule has 0 radical (unpaired) electrons. The van der Waals surface area contributed by atoms with Crippen LogP contribution in [0.1, 0.15) is 36.7 Å². The lowest BCUT2D eigenvalue weighted by Crippen LogP contribution is -2.39. The zero-order valence-corrected chi connectivity index (χ0v) is 13.2. The van der Waals surface area contributed by atoms with Gasteiger partial charge in [0.1, 0.15) is 0 Å². The summed E-state index contributed by atoms with van der Waals surface area (Å²) in [4.78, 5) is 6.84. The van der Waals surface area contributed by atoms with Gasteiger partial charge in [0, 0.05) is 18.8 Å². The van der Waals surface area contributed by atoms with E-state index in [1.807, 2.05) is 18.3 Å². The van der Waals surface area contributed by atoms with Crippen LogP contribution in [0.5, 0.6) is 0 Å². The molecule has 0 fully saturated rings. The molecular formula is C18H25N3. The second-order valence-electron chi connectivity index (χ2n) is 5.54. The van der Waals surface area contributed by atoms with E-state index in [2.05, 4.69) is 61.0 Å². The predicted molar refractivity (Wildman–Crippen MR) is 87.9 cm³/mol. The van der Waals surface area contributed by atoms with E-state index in [0.29, 0.717) is 0 Å². The van der Waals surface area contributed by atoms with Crippen molar-refractivity contribution >= 4 is 0 Å². The Morgan fingerprint density at radius 2 is 1.86 bits per heavy atom. The van der Waals surface area contributed by atoms with Crippen LogP contribution in [-0.2, 0) is 6.54 Å². The first-order chi connectivity index (χ1) is 10.1. The summed E-state index contributed by atoms with van der Waals surface area (Å²) in [5.74, 6) is 0. The maximum absolute atomic E-state index is 6.31. The lowest BCUT2D eigenvalue weighted by molar-refractivity contribution is 0.174. The number of benzene rings is 1. The van der Waals surface area contributed by atoms with Gasteiger partial charge in [-0.1, -0.05) is 37.3 Å². The molecule has 0 saturated heterocycles. The summed E-state index contributed by atoms with van der Waals surface area (Å²) in [5, 5.41) is 0. The number of aromatic nitrogens is 1. The highest BCUT2D eigenvalue weighted by Gasteiger charge is 2.24. The van der Waals surface area contributed by atoms with Gasteiger partial charge in [0.05, 0.1) is 11.7 Å². The maximum Gasteiger partial charge on any atom is 0.0544 e. The number of hydrogen-bond acceptors (Lipinski definition) is 3. The van der Waals surface area contributed by atoms with Crippen molar-refractivity contribution in [3.05, 3.63) is 65.5 Å². The summed E-state index contributed by atoms with van der Waals surface area (Å²) >= 11 is 0. The van der Waals surface area contributed by atoms with E-state index >= 15 is 0 Å². The van der Waals surface area contributed by atoms with Gasteiger partial charge in [0.15, 0.2) is 0 Å². The number of hydrogen-bond donors (Lipinski definition) is 1. The molecule has 0 aliphatic carbocycles. The van der Waals surface area contributed by atoms with Gasteiger partial charge >= 0.3 is 0 Å². The SMILES string of the molecule is CCN(Cc1ccccn1)C(c1ccccc1C)C(C)N. The standard InChI is InChI=1S/C18H25N3/c1-4-21(13-16-10-7-8-12-20-16)18(15(3)19)17-11-6-5-9-14(17)2/h5-12,15,18H,4,13,19H2,1-3H3. The Kier molecular flexibility index (Phi) is 5.48. The quantitative estimate of drug-likeness (QED) is 0.884. The van der Waals surface area contributed by atoms with E-state index < -0.39 is 0 Å². The number of rotatable bonds is 6. The van der Waals surface area contributed by atoms with Gasteiger partial charge in [-0.05, 0) is 43.7 Å². The third-order valence-corrected chi connectivity index (χ3v) is 3.90. The minimum absolute atomic E-state index is 0.0646. The van der Waals surface area contributed by atoms with Crippen molar-refractivity contribution in [2.24, 2.45) is 5.73 Å². The molecule has 2 unspecified atom stereocenters. The van der Waals surface area contributed by atoms with Gasteiger partial charge in [-0.25, -0.2) is 0 Å². The van der Waals surface area contributed by atoms with Crippen LogP contribution in [0.15, 0.2) is 48.7 Å². The molecule has 0 aliphatic heterocycles. The summed E-state index contributed by atoms with van der Waals surface area (Å²) in [6, 6.07) is 14.8. The molecule has 2 atom stereocenters. The molecule has 21 heavy (non-hydrogen) atoms. The minimum atomic E-state index is 0.0646. The Morgan fingerprint density at radius 1 is 1.14 bits per heavy atom. The summed E-state index contributed by atoms with van der Waals surface area (Å²) in [5.41, 5.74) is 9.99. The molecule has 0 saturated carbocycles. The average molecular weight is 283 g/mol. The van der Waals surface area contributed by atoms with E-state index in [-0.39, 0.29) is 12.1 Å². The number of pyridine rings is 1. The molecule has 1 aromatic carbocycles. The van der Waals surface area contributed by atoms with Crippen LogP contribution in [0, 0.1) is 6.92 Å². The van der Waals surface area contributed by atoms with Crippen molar-refractivity contribution < 1.29 is 0 Å². The van der Waals surface area contributed by atoms with Crippen molar-refractivity contribution in [2.45, 2.75) is 39.4 Å². The molecule has 1 aromatic heterocycles. The van der Waals surface area contributed by atoms with E-state index in [1.54, 1.807) is 0 Å². The minimum Gasteiger partial charge on any atom is -0.326 e. The molecule has 3 nitrogen and oxygen atoms in total. The van der Waals surface area contributed by atoms with Gasteiger partial charge in [-0.15, -0.1) is 0 Å². The topological polar surface area (TPSA) is 42.2 Å². The highest BCUT2D eigenvalue weighted by atomic mass is 15.2. The largest absolute Gasteiger partial charge is 0.326 e. The van der Waals surface area contributed by atoms with Crippen LogP contribution < -0.4 is 5.73 Å². The Labute approximate surface area is 127 Å². The third-order valence-electron chi connectivity index (χ3n) is 3.90. The first kappa shape index (κ1) is 15.7. The second-order valence-corrected chi connectivity index (χ2v) is 5.54. The molecule has 0 spiro atoms. The normalized spacial score (nSPS) is 14.1. The highest BCUT2D eigenvalue weighted by molar-refractivity contribution is 5.30. The third kappa shape index (κ3) is 3.90. The molecule has 112 valence electrons. The van der Waals surface area contributed by atoms with Gasteiger partial charge in [-0.3, -0.25) is 9.88 Å².